The first kappa shape index (κ1) is 21.4. The fraction of sp³-hybridized carbons (Fsp3) is 0.409. The minimum Gasteiger partial charge on any atom is -0.399 e. The Bertz CT molecular complexity index is 1020. The number of halogens is 3. The molecule has 1 aliphatic carbocycles. The maximum absolute atomic E-state index is 13.4. The Labute approximate surface area is 173 Å². The predicted molar refractivity (Wildman–Crippen MR) is 103 cm³/mol. The fourth-order valence-corrected chi connectivity index (χ4v) is 4.52. The van der Waals surface area contributed by atoms with Gasteiger partial charge in [0.25, 0.3) is 0 Å². The second kappa shape index (κ2) is 7.86. The van der Waals surface area contributed by atoms with Crippen LogP contribution in [0.1, 0.15) is 30.4 Å². The van der Waals surface area contributed by atoms with Gasteiger partial charge in [-0.15, -0.1) is 0 Å². The second-order valence-electron chi connectivity index (χ2n) is 7.56. The van der Waals surface area contributed by atoms with E-state index >= 15 is 0 Å². The molecule has 0 fully saturated rings. The molecule has 1 aromatic rings. The van der Waals surface area contributed by atoms with E-state index in [-0.39, 0.29) is 16.8 Å². The zero-order chi connectivity index (χ0) is 22.1. The SMILES string of the molecule is CCCN1CC=C2C(C#N)=C(N)C(C#N)(C#N)[C@H](c3cccc(C(F)(F)F)c3)[C@H]2C1. The number of nitriles is 3. The summed E-state index contributed by atoms with van der Waals surface area (Å²) in [7, 11) is 0. The summed E-state index contributed by atoms with van der Waals surface area (Å²) < 4.78 is 40.1. The van der Waals surface area contributed by atoms with Gasteiger partial charge in [-0.3, -0.25) is 4.90 Å². The van der Waals surface area contributed by atoms with E-state index in [0.29, 0.717) is 18.7 Å². The molecule has 2 N–H and O–H groups in total. The third-order valence-corrected chi connectivity index (χ3v) is 5.85. The fourth-order valence-electron chi connectivity index (χ4n) is 4.52. The van der Waals surface area contributed by atoms with Gasteiger partial charge < -0.3 is 5.73 Å². The van der Waals surface area contributed by atoms with E-state index in [4.69, 9.17) is 5.73 Å². The molecule has 154 valence electrons. The minimum atomic E-state index is -4.56. The van der Waals surface area contributed by atoms with Crippen molar-refractivity contribution in [3.8, 4) is 18.2 Å². The number of allylic oxidation sites excluding steroid dienone is 2. The number of nitrogens with zero attached hydrogens (tertiary/aromatic N) is 4. The summed E-state index contributed by atoms with van der Waals surface area (Å²) in [5.74, 6) is -1.44. The topological polar surface area (TPSA) is 101 Å². The lowest BCUT2D eigenvalue weighted by molar-refractivity contribution is -0.137. The Balaban J connectivity index is 2.28. The minimum absolute atomic E-state index is 0.0856. The van der Waals surface area contributed by atoms with Gasteiger partial charge in [0.2, 0.25) is 0 Å². The van der Waals surface area contributed by atoms with Crippen molar-refractivity contribution >= 4 is 0 Å². The van der Waals surface area contributed by atoms with Crippen LogP contribution in [0.25, 0.3) is 0 Å². The van der Waals surface area contributed by atoms with Crippen LogP contribution in [-0.4, -0.2) is 24.5 Å². The third kappa shape index (κ3) is 3.32. The summed E-state index contributed by atoms with van der Waals surface area (Å²) in [4.78, 5) is 2.10. The van der Waals surface area contributed by atoms with Crippen LogP contribution in [0.5, 0.6) is 0 Å². The van der Waals surface area contributed by atoms with Crippen LogP contribution in [0.4, 0.5) is 13.2 Å². The monoisotopic (exact) mass is 411 g/mol. The average Bonchev–Trinajstić information content (AvgIpc) is 2.73. The van der Waals surface area contributed by atoms with Crippen molar-refractivity contribution in [3.63, 3.8) is 0 Å². The first-order valence-electron chi connectivity index (χ1n) is 9.56. The Morgan fingerprint density at radius 1 is 1.23 bits per heavy atom. The summed E-state index contributed by atoms with van der Waals surface area (Å²) >= 11 is 0. The van der Waals surface area contributed by atoms with Crippen LogP contribution in [-0.2, 0) is 6.18 Å². The molecular weight excluding hydrogens is 391 g/mol. The highest BCUT2D eigenvalue weighted by Crippen LogP contribution is 2.54. The van der Waals surface area contributed by atoms with Crippen molar-refractivity contribution in [1.29, 1.82) is 15.8 Å². The zero-order valence-corrected chi connectivity index (χ0v) is 16.4. The van der Waals surface area contributed by atoms with Gasteiger partial charge in [-0.1, -0.05) is 31.2 Å². The third-order valence-electron chi connectivity index (χ3n) is 5.85. The van der Waals surface area contributed by atoms with Crippen LogP contribution in [0.3, 0.4) is 0 Å². The molecule has 0 spiro atoms. The number of nitrogens with two attached hydrogens (primary N) is 1. The quantitative estimate of drug-likeness (QED) is 0.814. The molecule has 0 amide bonds. The molecule has 0 bridgehead atoms. The Morgan fingerprint density at radius 2 is 1.93 bits per heavy atom. The maximum Gasteiger partial charge on any atom is 0.416 e. The van der Waals surface area contributed by atoms with Crippen LogP contribution in [0, 0.1) is 45.3 Å². The van der Waals surface area contributed by atoms with Crippen LogP contribution >= 0.6 is 0 Å². The van der Waals surface area contributed by atoms with Gasteiger partial charge in [0.05, 0.1) is 29.0 Å². The second-order valence-corrected chi connectivity index (χ2v) is 7.56. The molecule has 3 rings (SSSR count). The van der Waals surface area contributed by atoms with Gasteiger partial charge >= 0.3 is 6.18 Å². The molecule has 5 nitrogen and oxygen atoms in total. The zero-order valence-electron chi connectivity index (χ0n) is 16.4. The van der Waals surface area contributed by atoms with Crippen molar-refractivity contribution in [2.24, 2.45) is 17.1 Å². The van der Waals surface area contributed by atoms with Gasteiger partial charge in [0, 0.05) is 24.9 Å². The van der Waals surface area contributed by atoms with Crippen molar-refractivity contribution in [2.45, 2.75) is 25.4 Å². The van der Waals surface area contributed by atoms with Gasteiger partial charge in [-0.05, 0) is 30.2 Å². The highest BCUT2D eigenvalue weighted by atomic mass is 19.4. The lowest BCUT2D eigenvalue weighted by Crippen LogP contribution is -2.48. The van der Waals surface area contributed by atoms with Gasteiger partial charge in [0.1, 0.15) is 6.07 Å². The molecule has 30 heavy (non-hydrogen) atoms. The number of hydrogen-bond acceptors (Lipinski definition) is 5. The van der Waals surface area contributed by atoms with E-state index in [1.165, 1.54) is 12.1 Å². The number of benzene rings is 1. The molecule has 0 radical (unpaired) electrons. The van der Waals surface area contributed by atoms with Gasteiger partial charge in [0.15, 0.2) is 5.41 Å². The van der Waals surface area contributed by atoms with Crippen molar-refractivity contribution in [2.75, 3.05) is 19.6 Å². The van der Waals surface area contributed by atoms with Gasteiger partial charge in [-0.25, -0.2) is 0 Å². The number of alkyl halides is 3. The number of rotatable bonds is 3. The molecule has 1 heterocycles. The molecule has 0 saturated carbocycles. The number of fused-ring (bicyclic) bond motifs is 1. The molecule has 0 saturated heterocycles. The number of hydrogen-bond donors (Lipinski definition) is 1. The lowest BCUT2D eigenvalue weighted by atomic mass is 9.58. The Hall–Kier alpha value is -3.28. The molecule has 0 aromatic heterocycles. The van der Waals surface area contributed by atoms with Crippen LogP contribution in [0.2, 0.25) is 0 Å². The molecule has 1 aromatic carbocycles. The molecule has 2 atom stereocenters. The van der Waals surface area contributed by atoms with E-state index < -0.39 is 29.0 Å². The summed E-state index contributed by atoms with van der Waals surface area (Å²) in [6.07, 6.45) is -1.85. The van der Waals surface area contributed by atoms with Crippen molar-refractivity contribution in [3.05, 3.63) is 58.3 Å². The summed E-state index contributed by atoms with van der Waals surface area (Å²) in [5, 5.41) is 29.7. The summed E-state index contributed by atoms with van der Waals surface area (Å²) in [6, 6.07) is 10.6. The normalized spacial score (nSPS) is 23.6. The highest BCUT2D eigenvalue weighted by molar-refractivity contribution is 5.59. The molecule has 2 aliphatic rings. The molecule has 0 unspecified atom stereocenters. The van der Waals surface area contributed by atoms with E-state index in [0.717, 1.165) is 25.1 Å². The first-order valence-corrected chi connectivity index (χ1v) is 9.56. The largest absolute Gasteiger partial charge is 0.416 e. The van der Waals surface area contributed by atoms with E-state index in [1.54, 1.807) is 0 Å². The molecular formula is C22H20F3N5. The predicted octanol–water partition coefficient (Wildman–Crippen LogP) is 3.84. The molecule has 8 heteroatoms. The standard InChI is InChI=1S/C22H20F3N5/c1-2-7-30-8-6-16-17(10-26)20(29)21(12-27,13-28)19(18(16)11-30)14-4-3-5-15(9-14)22(23,24)25/h3-6,9,18-19H,2,7-8,11,29H2,1H3/t18-,19+/m0/s1. The van der Waals surface area contributed by atoms with E-state index in [9.17, 15) is 29.0 Å². The maximum atomic E-state index is 13.4. The Morgan fingerprint density at radius 3 is 2.50 bits per heavy atom. The first-order chi connectivity index (χ1) is 14.2. The highest BCUT2D eigenvalue weighted by Gasteiger charge is 2.54. The van der Waals surface area contributed by atoms with Crippen molar-refractivity contribution < 1.29 is 13.2 Å². The lowest BCUT2D eigenvalue weighted by Gasteiger charge is -2.45. The van der Waals surface area contributed by atoms with E-state index in [2.05, 4.69) is 4.90 Å². The van der Waals surface area contributed by atoms with Crippen LogP contribution < -0.4 is 5.73 Å². The summed E-state index contributed by atoms with van der Waals surface area (Å²) in [5.41, 5.74) is 4.09. The molecule has 1 aliphatic heterocycles. The van der Waals surface area contributed by atoms with Crippen LogP contribution in [0.15, 0.2) is 47.2 Å². The van der Waals surface area contributed by atoms with Crippen molar-refractivity contribution in [1.82, 2.24) is 4.90 Å². The smallest absolute Gasteiger partial charge is 0.399 e. The van der Waals surface area contributed by atoms with E-state index in [1.807, 2.05) is 31.2 Å². The Kier molecular flexibility index (Phi) is 5.61. The average molecular weight is 411 g/mol. The summed E-state index contributed by atoms with van der Waals surface area (Å²) in [6.45, 7) is 3.75. The van der Waals surface area contributed by atoms with Gasteiger partial charge in [-0.2, -0.15) is 29.0 Å².